The van der Waals surface area contributed by atoms with Gasteiger partial charge in [-0.1, -0.05) is 6.07 Å². The molecule has 6 heteroatoms. The quantitative estimate of drug-likeness (QED) is 0.895. The lowest BCUT2D eigenvalue weighted by Crippen LogP contribution is -2.36. The number of benzene rings is 1. The van der Waals surface area contributed by atoms with Crippen molar-refractivity contribution in [1.82, 2.24) is 5.32 Å². The third-order valence-electron chi connectivity index (χ3n) is 4.60. The first-order valence-corrected chi connectivity index (χ1v) is 8.10. The van der Waals surface area contributed by atoms with Gasteiger partial charge in [-0.3, -0.25) is 9.59 Å². The van der Waals surface area contributed by atoms with Gasteiger partial charge in [0.15, 0.2) is 0 Å². The van der Waals surface area contributed by atoms with Crippen LogP contribution in [0.4, 0.5) is 14.5 Å². The minimum Gasteiger partial charge on any atom is -0.353 e. The molecule has 4 nitrogen and oxygen atoms in total. The second kappa shape index (κ2) is 6.64. The molecule has 3 rings (SSSR count). The van der Waals surface area contributed by atoms with E-state index in [4.69, 9.17) is 0 Å². The van der Waals surface area contributed by atoms with E-state index in [1.54, 1.807) is 0 Å². The van der Waals surface area contributed by atoms with Crippen molar-refractivity contribution in [2.45, 2.75) is 44.6 Å². The molecule has 2 aliphatic rings. The van der Waals surface area contributed by atoms with Crippen molar-refractivity contribution >= 4 is 17.5 Å². The number of nitrogens with one attached hydrogen (secondary N) is 2. The molecule has 2 aliphatic carbocycles. The number of hydrogen-bond acceptors (Lipinski definition) is 2. The molecule has 0 atom stereocenters. The van der Waals surface area contributed by atoms with Crippen molar-refractivity contribution in [2.24, 2.45) is 11.8 Å². The highest BCUT2D eigenvalue weighted by Crippen LogP contribution is 2.31. The van der Waals surface area contributed by atoms with Gasteiger partial charge in [-0.25, -0.2) is 8.78 Å². The SMILES string of the molecule is O=C(Nc1c(F)cccc1F)C1CCC(C(=O)NC2CC2)CC1. The third-order valence-corrected chi connectivity index (χ3v) is 4.60. The van der Waals surface area contributed by atoms with Gasteiger partial charge in [0.1, 0.15) is 17.3 Å². The first kappa shape index (κ1) is 15.9. The Morgan fingerprint density at radius 1 is 0.870 bits per heavy atom. The smallest absolute Gasteiger partial charge is 0.227 e. The Morgan fingerprint density at radius 3 is 1.91 bits per heavy atom. The minimum atomic E-state index is -0.782. The Balaban J connectivity index is 1.52. The molecule has 124 valence electrons. The second-order valence-electron chi connectivity index (χ2n) is 6.42. The van der Waals surface area contributed by atoms with E-state index in [1.165, 1.54) is 6.07 Å². The molecule has 0 unspecified atom stereocenters. The van der Waals surface area contributed by atoms with E-state index in [0.29, 0.717) is 31.7 Å². The van der Waals surface area contributed by atoms with Gasteiger partial charge in [-0.2, -0.15) is 0 Å². The Labute approximate surface area is 133 Å². The molecule has 0 aliphatic heterocycles. The van der Waals surface area contributed by atoms with Gasteiger partial charge >= 0.3 is 0 Å². The molecule has 2 saturated carbocycles. The Kier molecular flexibility index (Phi) is 4.59. The molecule has 0 bridgehead atoms. The van der Waals surface area contributed by atoms with Crippen LogP contribution in [0.15, 0.2) is 18.2 Å². The van der Waals surface area contributed by atoms with Gasteiger partial charge in [0, 0.05) is 17.9 Å². The molecule has 1 aromatic carbocycles. The lowest BCUT2D eigenvalue weighted by Gasteiger charge is -2.27. The Hall–Kier alpha value is -1.98. The normalized spacial score (nSPS) is 24.1. The number of carbonyl (C=O) groups is 2. The fourth-order valence-corrected chi connectivity index (χ4v) is 3.01. The summed E-state index contributed by atoms with van der Waals surface area (Å²) in [6.45, 7) is 0. The number of hydrogen-bond donors (Lipinski definition) is 2. The Bertz CT molecular complexity index is 588. The first-order chi connectivity index (χ1) is 11.0. The molecule has 1 aromatic rings. The topological polar surface area (TPSA) is 58.2 Å². The van der Waals surface area contributed by atoms with Gasteiger partial charge in [0.2, 0.25) is 11.8 Å². The molecule has 0 heterocycles. The minimum absolute atomic E-state index is 0.0511. The third kappa shape index (κ3) is 3.86. The molecule has 23 heavy (non-hydrogen) atoms. The van der Waals surface area contributed by atoms with E-state index < -0.39 is 17.3 Å². The summed E-state index contributed by atoms with van der Waals surface area (Å²) in [5.74, 6) is -2.22. The lowest BCUT2D eigenvalue weighted by atomic mass is 9.81. The number of carbonyl (C=O) groups excluding carboxylic acids is 2. The molecule has 2 amide bonds. The number of rotatable bonds is 4. The summed E-state index contributed by atoms with van der Waals surface area (Å²) in [6, 6.07) is 3.81. The standard InChI is InChI=1S/C17H20F2N2O2/c18-13-2-1-3-14(19)15(13)21-17(23)11-6-4-10(5-7-11)16(22)20-12-8-9-12/h1-3,10-12H,4-9H2,(H,20,22)(H,21,23). The number of anilines is 1. The van der Waals surface area contributed by atoms with Crippen molar-refractivity contribution in [1.29, 1.82) is 0 Å². The van der Waals surface area contributed by atoms with Crippen LogP contribution in [0.1, 0.15) is 38.5 Å². The molecule has 2 N–H and O–H groups in total. The summed E-state index contributed by atoms with van der Waals surface area (Å²) in [5, 5.41) is 5.33. The molecule has 0 aromatic heterocycles. The number of para-hydroxylation sites is 1. The van der Waals surface area contributed by atoms with Crippen LogP contribution in [-0.4, -0.2) is 17.9 Å². The van der Waals surface area contributed by atoms with Gasteiger partial charge in [0.05, 0.1) is 0 Å². The summed E-state index contributed by atoms with van der Waals surface area (Å²) in [5.41, 5.74) is -0.397. The van der Waals surface area contributed by atoms with E-state index >= 15 is 0 Å². The van der Waals surface area contributed by atoms with Gasteiger partial charge in [-0.15, -0.1) is 0 Å². The van der Waals surface area contributed by atoms with E-state index in [1.807, 2.05) is 0 Å². The van der Waals surface area contributed by atoms with E-state index in [-0.39, 0.29) is 23.7 Å². The summed E-state index contributed by atoms with van der Waals surface area (Å²) in [7, 11) is 0. The van der Waals surface area contributed by atoms with Crippen LogP contribution in [0.2, 0.25) is 0 Å². The first-order valence-electron chi connectivity index (χ1n) is 8.10. The van der Waals surface area contributed by atoms with Gasteiger partial charge in [-0.05, 0) is 50.7 Å². The summed E-state index contributed by atoms with van der Waals surface area (Å²) in [6.07, 6.45) is 4.50. The zero-order valence-electron chi connectivity index (χ0n) is 12.8. The number of halogens is 2. The average molecular weight is 322 g/mol. The van der Waals surface area contributed by atoms with Crippen LogP contribution in [0.25, 0.3) is 0 Å². The summed E-state index contributed by atoms with van der Waals surface area (Å²) >= 11 is 0. The molecular formula is C17H20F2N2O2. The molecular weight excluding hydrogens is 302 g/mol. The lowest BCUT2D eigenvalue weighted by molar-refractivity contribution is -0.128. The highest BCUT2D eigenvalue weighted by Gasteiger charge is 2.33. The highest BCUT2D eigenvalue weighted by atomic mass is 19.1. The van der Waals surface area contributed by atoms with Crippen LogP contribution >= 0.6 is 0 Å². The van der Waals surface area contributed by atoms with Crippen molar-refractivity contribution in [3.63, 3.8) is 0 Å². The number of amides is 2. The van der Waals surface area contributed by atoms with Crippen molar-refractivity contribution < 1.29 is 18.4 Å². The van der Waals surface area contributed by atoms with Gasteiger partial charge < -0.3 is 10.6 Å². The zero-order chi connectivity index (χ0) is 16.4. The van der Waals surface area contributed by atoms with Gasteiger partial charge in [0.25, 0.3) is 0 Å². The van der Waals surface area contributed by atoms with Crippen molar-refractivity contribution in [2.75, 3.05) is 5.32 Å². The Morgan fingerprint density at radius 2 is 1.39 bits per heavy atom. The highest BCUT2D eigenvalue weighted by molar-refractivity contribution is 5.93. The summed E-state index contributed by atoms with van der Waals surface area (Å²) < 4.78 is 27.1. The summed E-state index contributed by atoms with van der Waals surface area (Å²) in [4.78, 5) is 24.2. The van der Waals surface area contributed by atoms with E-state index in [9.17, 15) is 18.4 Å². The van der Waals surface area contributed by atoms with Crippen LogP contribution in [0.3, 0.4) is 0 Å². The van der Waals surface area contributed by atoms with E-state index in [0.717, 1.165) is 25.0 Å². The maximum atomic E-state index is 13.6. The molecule has 0 radical (unpaired) electrons. The second-order valence-corrected chi connectivity index (χ2v) is 6.42. The monoisotopic (exact) mass is 322 g/mol. The fraction of sp³-hybridized carbons (Fsp3) is 0.529. The molecule has 0 saturated heterocycles. The van der Waals surface area contributed by atoms with Crippen molar-refractivity contribution in [3.8, 4) is 0 Å². The predicted molar refractivity (Wildman–Crippen MR) is 81.6 cm³/mol. The van der Waals surface area contributed by atoms with Crippen LogP contribution in [-0.2, 0) is 9.59 Å². The van der Waals surface area contributed by atoms with Crippen LogP contribution < -0.4 is 10.6 Å². The molecule has 0 spiro atoms. The maximum absolute atomic E-state index is 13.6. The van der Waals surface area contributed by atoms with Crippen LogP contribution in [0, 0.1) is 23.5 Å². The van der Waals surface area contributed by atoms with Crippen LogP contribution in [0.5, 0.6) is 0 Å². The zero-order valence-corrected chi connectivity index (χ0v) is 12.8. The van der Waals surface area contributed by atoms with Crippen molar-refractivity contribution in [3.05, 3.63) is 29.8 Å². The molecule has 2 fully saturated rings. The predicted octanol–water partition coefficient (Wildman–Crippen LogP) is 2.99. The maximum Gasteiger partial charge on any atom is 0.227 e. The average Bonchev–Trinajstić information content (AvgIpc) is 3.35. The van der Waals surface area contributed by atoms with E-state index in [2.05, 4.69) is 10.6 Å². The largest absolute Gasteiger partial charge is 0.353 e. The fourth-order valence-electron chi connectivity index (χ4n) is 3.01.